The zero-order valence-electron chi connectivity index (χ0n) is 16.1. The Hall–Kier alpha value is -2.34. The summed E-state index contributed by atoms with van der Waals surface area (Å²) in [5.74, 6) is 1.26. The van der Waals surface area contributed by atoms with E-state index in [1.165, 1.54) is 11.9 Å². The SMILES string of the molecule is Cc1ncnc(C(=O)N2C[C@H]3CCN(Cc4cccnc4)CC[C@H]3C2)c1C. The molecule has 0 N–H and O–H groups in total. The Morgan fingerprint density at radius 3 is 2.56 bits per heavy atom. The summed E-state index contributed by atoms with van der Waals surface area (Å²) in [6.45, 7) is 8.72. The number of nitrogens with zero attached hydrogens (tertiary/aromatic N) is 5. The minimum atomic E-state index is 0.0679. The Morgan fingerprint density at radius 1 is 1.15 bits per heavy atom. The lowest BCUT2D eigenvalue weighted by atomic mass is 9.92. The Kier molecular flexibility index (Phi) is 5.16. The molecule has 0 aliphatic carbocycles. The second kappa shape index (κ2) is 7.72. The predicted octanol–water partition coefficient (Wildman–Crippen LogP) is 2.47. The van der Waals surface area contributed by atoms with Gasteiger partial charge in [0.2, 0.25) is 0 Å². The van der Waals surface area contributed by atoms with Crippen molar-refractivity contribution >= 4 is 5.91 Å². The number of rotatable bonds is 3. The molecule has 0 bridgehead atoms. The highest BCUT2D eigenvalue weighted by Gasteiger charge is 2.37. The lowest BCUT2D eigenvalue weighted by molar-refractivity contribution is 0.0773. The molecule has 2 aliphatic heterocycles. The third-order valence-corrected chi connectivity index (χ3v) is 6.16. The van der Waals surface area contributed by atoms with Gasteiger partial charge in [-0.1, -0.05) is 6.07 Å². The molecule has 0 radical (unpaired) electrons. The molecular weight excluding hydrogens is 338 g/mol. The second-order valence-electron chi connectivity index (χ2n) is 7.88. The standard InChI is InChI=1S/C21H27N5O/c1-15-16(2)23-14-24-20(15)21(27)26-12-18-5-8-25(9-6-19(18)13-26)11-17-4-3-7-22-10-17/h3-4,7,10,14,18-19H,5-6,8-9,11-13H2,1-2H3/t18-,19+. The van der Waals surface area contributed by atoms with Gasteiger partial charge in [0.05, 0.1) is 0 Å². The highest BCUT2D eigenvalue weighted by atomic mass is 16.2. The number of carbonyl (C=O) groups excluding carboxylic acids is 1. The van der Waals surface area contributed by atoms with E-state index in [1.807, 2.05) is 37.2 Å². The van der Waals surface area contributed by atoms with E-state index in [0.29, 0.717) is 17.5 Å². The van der Waals surface area contributed by atoms with Gasteiger partial charge in [-0.05, 0) is 63.2 Å². The van der Waals surface area contributed by atoms with Gasteiger partial charge < -0.3 is 4.90 Å². The first-order chi connectivity index (χ1) is 13.1. The van der Waals surface area contributed by atoms with E-state index in [2.05, 4.69) is 25.9 Å². The van der Waals surface area contributed by atoms with Gasteiger partial charge in [0.15, 0.2) is 0 Å². The monoisotopic (exact) mass is 365 g/mol. The number of likely N-dealkylation sites (tertiary alicyclic amines) is 2. The first kappa shape index (κ1) is 18.0. The van der Waals surface area contributed by atoms with E-state index in [9.17, 15) is 4.79 Å². The van der Waals surface area contributed by atoms with Gasteiger partial charge in [0.25, 0.3) is 5.91 Å². The number of aryl methyl sites for hydroxylation is 1. The zero-order valence-corrected chi connectivity index (χ0v) is 16.1. The molecule has 2 aromatic heterocycles. The van der Waals surface area contributed by atoms with Gasteiger partial charge in [-0.25, -0.2) is 9.97 Å². The Balaban J connectivity index is 1.38. The molecule has 0 spiro atoms. The highest BCUT2D eigenvalue weighted by Crippen LogP contribution is 2.33. The van der Waals surface area contributed by atoms with Crippen molar-refractivity contribution in [1.82, 2.24) is 24.8 Å². The van der Waals surface area contributed by atoms with Crippen LogP contribution in [0, 0.1) is 25.7 Å². The molecule has 6 heteroatoms. The molecule has 1 amide bonds. The molecule has 2 aromatic rings. The lowest BCUT2D eigenvalue weighted by Gasteiger charge is -2.22. The zero-order chi connectivity index (χ0) is 18.8. The first-order valence-electron chi connectivity index (χ1n) is 9.80. The molecule has 0 aromatic carbocycles. The number of amides is 1. The van der Waals surface area contributed by atoms with Gasteiger partial charge >= 0.3 is 0 Å². The Bertz CT molecular complexity index is 793. The van der Waals surface area contributed by atoms with Crippen molar-refractivity contribution in [1.29, 1.82) is 0 Å². The predicted molar refractivity (Wildman–Crippen MR) is 103 cm³/mol. The number of aromatic nitrogens is 3. The first-order valence-corrected chi connectivity index (χ1v) is 9.80. The summed E-state index contributed by atoms with van der Waals surface area (Å²) in [7, 11) is 0. The van der Waals surface area contributed by atoms with Crippen LogP contribution in [0.2, 0.25) is 0 Å². The van der Waals surface area contributed by atoms with Crippen LogP contribution in [-0.4, -0.2) is 56.8 Å². The van der Waals surface area contributed by atoms with Crippen LogP contribution in [0.5, 0.6) is 0 Å². The van der Waals surface area contributed by atoms with Gasteiger partial charge in [0, 0.05) is 43.3 Å². The second-order valence-corrected chi connectivity index (χ2v) is 7.88. The normalized spacial score (nSPS) is 23.1. The minimum Gasteiger partial charge on any atom is -0.337 e. The van der Waals surface area contributed by atoms with E-state index in [0.717, 1.165) is 56.8 Å². The summed E-state index contributed by atoms with van der Waals surface area (Å²) in [5.41, 5.74) is 3.62. The third kappa shape index (κ3) is 3.86. The largest absolute Gasteiger partial charge is 0.337 e. The van der Waals surface area contributed by atoms with Crippen molar-refractivity contribution in [2.75, 3.05) is 26.2 Å². The molecule has 6 nitrogen and oxygen atoms in total. The van der Waals surface area contributed by atoms with E-state index < -0.39 is 0 Å². The van der Waals surface area contributed by atoms with Gasteiger partial charge in [-0.15, -0.1) is 0 Å². The third-order valence-electron chi connectivity index (χ3n) is 6.16. The molecule has 4 heterocycles. The fraction of sp³-hybridized carbons (Fsp3) is 0.524. The number of fused-ring (bicyclic) bond motifs is 1. The van der Waals surface area contributed by atoms with Crippen molar-refractivity contribution in [3.05, 3.63) is 53.4 Å². The maximum atomic E-state index is 13.0. The van der Waals surface area contributed by atoms with Crippen molar-refractivity contribution < 1.29 is 4.79 Å². The van der Waals surface area contributed by atoms with Crippen LogP contribution < -0.4 is 0 Å². The molecule has 0 unspecified atom stereocenters. The van der Waals surface area contributed by atoms with E-state index in [1.54, 1.807) is 0 Å². The van der Waals surface area contributed by atoms with Crippen LogP contribution in [-0.2, 0) is 6.54 Å². The number of carbonyl (C=O) groups is 1. The number of pyridine rings is 1. The molecule has 2 atom stereocenters. The topological polar surface area (TPSA) is 62.2 Å². The summed E-state index contributed by atoms with van der Waals surface area (Å²) >= 11 is 0. The minimum absolute atomic E-state index is 0.0679. The average Bonchev–Trinajstić information content (AvgIpc) is 3.01. The molecule has 2 fully saturated rings. The smallest absolute Gasteiger partial charge is 0.272 e. The average molecular weight is 365 g/mol. The number of hydrogen-bond acceptors (Lipinski definition) is 5. The number of hydrogen-bond donors (Lipinski definition) is 0. The van der Waals surface area contributed by atoms with Gasteiger partial charge in [-0.3, -0.25) is 14.7 Å². The molecule has 27 heavy (non-hydrogen) atoms. The molecular formula is C21H27N5O. The summed E-state index contributed by atoms with van der Waals surface area (Å²) in [6, 6.07) is 4.15. The summed E-state index contributed by atoms with van der Waals surface area (Å²) in [4.78, 5) is 30.2. The summed E-state index contributed by atoms with van der Waals surface area (Å²) < 4.78 is 0. The van der Waals surface area contributed by atoms with Crippen molar-refractivity contribution in [3.8, 4) is 0 Å². The highest BCUT2D eigenvalue weighted by molar-refractivity contribution is 5.94. The molecule has 2 saturated heterocycles. The van der Waals surface area contributed by atoms with Crippen LogP contribution in [0.15, 0.2) is 30.9 Å². The van der Waals surface area contributed by atoms with Crippen molar-refractivity contribution in [2.45, 2.75) is 33.2 Å². The van der Waals surface area contributed by atoms with Gasteiger partial charge in [-0.2, -0.15) is 0 Å². The summed E-state index contributed by atoms with van der Waals surface area (Å²) in [6.07, 6.45) is 7.58. The maximum Gasteiger partial charge on any atom is 0.272 e. The van der Waals surface area contributed by atoms with E-state index in [4.69, 9.17) is 0 Å². The molecule has 142 valence electrons. The van der Waals surface area contributed by atoms with Crippen LogP contribution in [0.1, 0.15) is 40.2 Å². The molecule has 0 saturated carbocycles. The van der Waals surface area contributed by atoms with Gasteiger partial charge in [0.1, 0.15) is 12.0 Å². The quantitative estimate of drug-likeness (QED) is 0.836. The lowest BCUT2D eigenvalue weighted by Crippen LogP contribution is -2.32. The van der Waals surface area contributed by atoms with E-state index >= 15 is 0 Å². The maximum absolute atomic E-state index is 13.0. The van der Waals surface area contributed by atoms with Crippen LogP contribution in [0.25, 0.3) is 0 Å². The van der Waals surface area contributed by atoms with Crippen molar-refractivity contribution in [3.63, 3.8) is 0 Å². The Labute approximate surface area is 160 Å². The van der Waals surface area contributed by atoms with E-state index in [-0.39, 0.29) is 5.91 Å². The van der Waals surface area contributed by atoms with Crippen LogP contribution in [0.3, 0.4) is 0 Å². The van der Waals surface area contributed by atoms with Crippen molar-refractivity contribution in [2.24, 2.45) is 11.8 Å². The van der Waals surface area contributed by atoms with Crippen LogP contribution in [0.4, 0.5) is 0 Å². The van der Waals surface area contributed by atoms with Crippen LogP contribution >= 0.6 is 0 Å². The fourth-order valence-electron chi connectivity index (χ4n) is 4.38. The fourth-order valence-corrected chi connectivity index (χ4v) is 4.38. The summed E-state index contributed by atoms with van der Waals surface area (Å²) in [5, 5.41) is 0. The molecule has 2 aliphatic rings. The molecule has 4 rings (SSSR count). The Morgan fingerprint density at radius 2 is 1.89 bits per heavy atom.